The maximum Gasteiger partial charge on any atom is 0.265 e. The Morgan fingerprint density at radius 3 is 2.44 bits per heavy atom. The molecule has 0 saturated heterocycles. The van der Waals surface area contributed by atoms with Gasteiger partial charge in [-0.15, -0.1) is 0 Å². The summed E-state index contributed by atoms with van der Waals surface area (Å²) < 4.78 is 0. The Hall–Kier alpha value is -1.14. The van der Waals surface area contributed by atoms with Gasteiger partial charge in [0.25, 0.3) is 5.91 Å². The predicted octanol–water partition coefficient (Wildman–Crippen LogP) is 0.667. The maximum absolute atomic E-state index is 12.0. The van der Waals surface area contributed by atoms with E-state index < -0.39 is 0 Å². The highest BCUT2D eigenvalue weighted by Crippen LogP contribution is 2.20. The van der Waals surface area contributed by atoms with Crippen molar-refractivity contribution < 1.29 is 4.79 Å². The second kappa shape index (κ2) is 5.27. The average Bonchev–Trinajstić information content (AvgIpc) is 2.53. The van der Waals surface area contributed by atoms with Gasteiger partial charge in [-0.2, -0.15) is 0 Å². The number of carbonyl (C=O) groups is 1. The standard InChI is InChI=1S/C10H18N4OS/c1-7-8(16-10(11)12-7)9(15)14(4)6-5-13(2)3/h5-6H2,1-4H3,(H2,11,12). The van der Waals surface area contributed by atoms with Gasteiger partial charge in [0, 0.05) is 20.1 Å². The minimum Gasteiger partial charge on any atom is -0.375 e. The highest BCUT2D eigenvalue weighted by Gasteiger charge is 2.17. The molecule has 16 heavy (non-hydrogen) atoms. The topological polar surface area (TPSA) is 62.5 Å². The Bertz CT molecular complexity index is 375. The van der Waals surface area contributed by atoms with Crippen LogP contribution in [0, 0.1) is 6.92 Å². The molecule has 1 heterocycles. The Morgan fingerprint density at radius 1 is 1.38 bits per heavy atom. The SMILES string of the molecule is Cc1nc(N)sc1C(=O)N(C)CCN(C)C. The van der Waals surface area contributed by atoms with Crippen molar-refractivity contribution in [3.05, 3.63) is 10.6 Å². The number of anilines is 1. The van der Waals surface area contributed by atoms with Crippen LogP contribution in [0.25, 0.3) is 0 Å². The molecule has 1 aromatic heterocycles. The molecule has 0 aliphatic rings. The van der Waals surface area contributed by atoms with E-state index in [0.29, 0.717) is 22.2 Å². The lowest BCUT2D eigenvalue weighted by molar-refractivity contribution is 0.0790. The number of hydrogen-bond acceptors (Lipinski definition) is 5. The first-order valence-electron chi connectivity index (χ1n) is 5.05. The molecule has 90 valence electrons. The Labute approximate surface area is 99.9 Å². The normalized spacial score (nSPS) is 10.8. The summed E-state index contributed by atoms with van der Waals surface area (Å²) in [5.74, 6) is -0.00597. The molecule has 0 aromatic carbocycles. The minimum atomic E-state index is -0.00597. The summed E-state index contributed by atoms with van der Waals surface area (Å²) in [5, 5.41) is 0.446. The van der Waals surface area contributed by atoms with Crippen molar-refractivity contribution in [3.63, 3.8) is 0 Å². The van der Waals surface area contributed by atoms with Crippen LogP contribution in [0.1, 0.15) is 15.4 Å². The molecule has 0 aliphatic carbocycles. The van der Waals surface area contributed by atoms with Crippen LogP contribution in [0.3, 0.4) is 0 Å². The number of amides is 1. The van der Waals surface area contributed by atoms with Crippen LogP contribution < -0.4 is 5.73 Å². The van der Waals surface area contributed by atoms with Gasteiger partial charge in [0.1, 0.15) is 4.88 Å². The third-order valence-corrected chi connectivity index (χ3v) is 3.21. The second-order valence-corrected chi connectivity index (χ2v) is 5.03. The molecule has 0 radical (unpaired) electrons. The first kappa shape index (κ1) is 12.9. The number of aromatic nitrogens is 1. The molecule has 0 unspecified atom stereocenters. The van der Waals surface area contributed by atoms with Gasteiger partial charge in [-0.05, 0) is 21.0 Å². The van der Waals surface area contributed by atoms with Gasteiger partial charge < -0.3 is 15.5 Å². The first-order valence-corrected chi connectivity index (χ1v) is 5.86. The smallest absolute Gasteiger partial charge is 0.265 e. The van der Waals surface area contributed by atoms with Crippen molar-refractivity contribution in [1.29, 1.82) is 0 Å². The molecular weight excluding hydrogens is 224 g/mol. The van der Waals surface area contributed by atoms with Gasteiger partial charge in [0.15, 0.2) is 5.13 Å². The number of nitrogen functional groups attached to an aromatic ring is 1. The van der Waals surface area contributed by atoms with Crippen LogP contribution >= 0.6 is 11.3 Å². The van der Waals surface area contributed by atoms with Crippen molar-refractivity contribution >= 4 is 22.4 Å². The third-order valence-electron chi connectivity index (χ3n) is 2.24. The third kappa shape index (κ3) is 3.18. The molecule has 1 amide bonds. The van der Waals surface area contributed by atoms with Crippen LogP contribution in [0.15, 0.2) is 0 Å². The fourth-order valence-electron chi connectivity index (χ4n) is 1.24. The van der Waals surface area contributed by atoms with E-state index in [2.05, 4.69) is 4.98 Å². The van der Waals surface area contributed by atoms with E-state index in [1.54, 1.807) is 18.9 Å². The van der Waals surface area contributed by atoms with E-state index >= 15 is 0 Å². The molecule has 5 nitrogen and oxygen atoms in total. The summed E-state index contributed by atoms with van der Waals surface area (Å²) in [6.45, 7) is 3.35. The summed E-state index contributed by atoms with van der Waals surface area (Å²) in [4.78, 5) is 20.4. The van der Waals surface area contributed by atoms with Gasteiger partial charge in [0.2, 0.25) is 0 Å². The zero-order valence-electron chi connectivity index (χ0n) is 10.1. The molecule has 1 aromatic rings. The monoisotopic (exact) mass is 242 g/mol. The summed E-state index contributed by atoms with van der Waals surface area (Å²) in [6.07, 6.45) is 0. The number of likely N-dealkylation sites (N-methyl/N-ethyl adjacent to an activating group) is 2. The van der Waals surface area contributed by atoms with Gasteiger partial charge in [-0.25, -0.2) is 4.98 Å². The van der Waals surface area contributed by atoms with E-state index in [-0.39, 0.29) is 5.91 Å². The Balaban J connectivity index is 2.67. The molecule has 0 fully saturated rings. The fourth-order valence-corrected chi connectivity index (χ4v) is 2.07. The number of carbonyl (C=O) groups excluding carboxylic acids is 1. The van der Waals surface area contributed by atoms with E-state index in [1.807, 2.05) is 19.0 Å². The lowest BCUT2D eigenvalue weighted by Gasteiger charge is -2.19. The molecule has 0 bridgehead atoms. The highest BCUT2D eigenvalue weighted by molar-refractivity contribution is 7.17. The fraction of sp³-hybridized carbons (Fsp3) is 0.600. The van der Waals surface area contributed by atoms with Crippen LogP contribution in [-0.4, -0.2) is 54.9 Å². The summed E-state index contributed by atoms with van der Waals surface area (Å²) in [6, 6.07) is 0. The Kier molecular flexibility index (Phi) is 4.26. The lowest BCUT2D eigenvalue weighted by Crippen LogP contribution is -2.33. The second-order valence-electron chi connectivity index (χ2n) is 4.00. The van der Waals surface area contributed by atoms with Crippen molar-refractivity contribution in [3.8, 4) is 0 Å². The molecule has 0 aliphatic heterocycles. The van der Waals surface area contributed by atoms with E-state index in [0.717, 1.165) is 6.54 Å². The molecule has 0 spiro atoms. The summed E-state index contributed by atoms with van der Waals surface area (Å²) in [5.41, 5.74) is 6.28. The minimum absolute atomic E-state index is 0.00597. The van der Waals surface area contributed by atoms with Gasteiger partial charge >= 0.3 is 0 Å². The van der Waals surface area contributed by atoms with Crippen molar-refractivity contribution in [1.82, 2.24) is 14.8 Å². The summed E-state index contributed by atoms with van der Waals surface area (Å²) in [7, 11) is 5.75. The number of hydrogen-bond donors (Lipinski definition) is 1. The van der Waals surface area contributed by atoms with Crippen molar-refractivity contribution in [2.45, 2.75) is 6.92 Å². The molecule has 6 heteroatoms. The van der Waals surface area contributed by atoms with Crippen LogP contribution in [0.5, 0.6) is 0 Å². The van der Waals surface area contributed by atoms with E-state index in [4.69, 9.17) is 5.73 Å². The molecular formula is C10H18N4OS. The van der Waals surface area contributed by atoms with Crippen molar-refractivity contribution in [2.75, 3.05) is 40.0 Å². The van der Waals surface area contributed by atoms with Crippen LogP contribution in [0.2, 0.25) is 0 Å². The number of rotatable bonds is 4. The zero-order chi connectivity index (χ0) is 12.3. The number of thiazole rings is 1. The zero-order valence-corrected chi connectivity index (χ0v) is 11.0. The lowest BCUT2D eigenvalue weighted by atomic mass is 10.3. The van der Waals surface area contributed by atoms with Gasteiger partial charge in [-0.3, -0.25) is 4.79 Å². The number of aryl methyl sites for hydroxylation is 1. The molecule has 2 N–H and O–H groups in total. The molecule has 1 rings (SSSR count). The predicted molar refractivity (Wildman–Crippen MR) is 66.8 cm³/mol. The molecule has 0 saturated carbocycles. The Morgan fingerprint density at radius 2 is 2.00 bits per heavy atom. The maximum atomic E-state index is 12.0. The quantitative estimate of drug-likeness (QED) is 0.843. The highest BCUT2D eigenvalue weighted by atomic mass is 32.1. The molecule has 0 atom stereocenters. The van der Waals surface area contributed by atoms with E-state index in [9.17, 15) is 4.79 Å². The van der Waals surface area contributed by atoms with Gasteiger partial charge in [0.05, 0.1) is 5.69 Å². The van der Waals surface area contributed by atoms with Crippen LogP contribution in [0.4, 0.5) is 5.13 Å². The number of nitrogens with zero attached hydrogens (tertiary/aromatic N) is 3. The number of nitrogens with two attached hydrogens (primary N) is 1. The first-order chi connectivity index (χ1) is 7.41. The van der Waals surface area contributed by atoms with Gasteiger partial charge in [-0.1, -0.05) is 11.3 Å². The summed E-state index contributed by atoms with van der Waals surface area (Å²) >= 11 is 1.25. The van der Waals surface area contributed by atoms with Crippen molar-refractivity contribution in [2.24, 2.45) is 0 Å². The van der Waals surface area contributed by atoms with Crippen LogP contribution in [-0.2, 0) is 0 Å². The van der Waals surface area contributed by atoms with E-state index in [1.165, 1.54) is 11.3 Å². The average molecular weight is 242 g/mol. The largest absolute Gasteiger partial charge is 0.375 e.